The smallest absolute Gasteiger partial charge is 0.261 e. The van der Waals surface area contributed by atoms with Crippen LogP contribution < -0.4 is 50.2 Å². The summed E-state index contributed by atoms with van der Waals surface area (Å²) in [5.41, 5.74) is 8.54. The molecule has 5 aromatic rings. The predicted octanol–water partition coefficient (Wildman–Crippen LogP) is 6.02. The number of para-hydroxylation sites is 2. The van der Waals surface area contributed by atoms with Gasteiger partial charge in [-0.1, -0.05) is 36.4 Å². The van der Waals surface area contributed by atoms with Gasteiger partial charge in [0.25, 0.3) is 23.6 Å². The quantitative estimate of drug-likeness (QED) is 0.0517. The first-order chi connectivity index (χ1) is 39.0. The fraction of sp³-hybridized carbons (Fsp3) is 0.328. The molecule has 0 radical (unpaired) electrons. The number of nitrogens with zero attached hydrogens (tertiary/aromatic N) is 5. The molecule has 0 fully saturated rings. The number of carbonyl (C=O) groups is 8. The maximum Gasteiger partial charge on any atom is 0.261 e. The maximum atomic E-state index is 14.2. The first-order valence-electron chi connectivity index (χ1n) is 27.1. The predicted molar refractivity (Wildman–Crippen MR) is 303 cm³/mol. The van der Waals surface area contributed by atoms with Crippen LogP contribution in [0.3, 0.4) is 0 Å². The highest BCUT2D eigenvalue weighted by atomic mass is 16.5. The number of carbonyl (C=O) groups excluding carboxylic acids is 8. The minimum absolute atomic E-state index is 0.0167. The number of nitrogens with one attached hydrogen (secondary N) is 4. The lowest BCUT2D eigenvalue weighted by molar-refractivity contribution is -0.137. The normalized spacial score (nSPS) is 17.2. The van der Waals surface area contributed by atoms with Crippen molar-refractivity contribution in [3.8, 4) is 17.2 Å². The number of methoxy groups -OCH3 is 1. The van der Waals surface area contributed by atoms with E-state index >= 15 is 0 Å². The number of benzene rings is 5. The number of amides is 8. The molecule has 0 saturated carbocycles. The fourth-order valence-electron chi connectivity index (χ4n) is 10.9. The molecular weight excluding hydrogens is 1030 g/mol. The van der Waals surface area contributed by atoms with Crippen LogP contribution in [-0.2, 0) is 54.8 Å². The third-order valence-corrected chi connectivity index (χ3v) is 15.1. The van der Waals surface area contributed by atoms with Crippen molar-refractivity contribution in [3.05, 3.63) is 142 Å². The molecule has 418 valence electrons. The van der Waals surface area contributed by atoms with Crippen LogP contribution in [0.25, 0.3) is 0 Å². The highest BCUT2D eigenvalue weighted by Gasteiger charge is 2.40. The van der Waals surface area contributed by atoms with Crippen molar-refractivity contribution >= 4 is 81.9 Å². The van der Waals surface area contributed by atoms with E-state index in [1.807, 2.05) is 79.5 Å². The number of unbranched alkanes of at least 4 members (excludes halogenated alkanes) is 1. The van der Waals surface area contributed by atoms with E-state index in [0.717, 1.165) is 45.1 Å². The number of anilines is 4. The Balaban J connectivity index is 0.804. The number of rotatable bonds is 20. The van der Waals surface area contributed by atoms with Crippen LogP contribution in [-0.4, -0.2) is 116 Å². The lowest BCUT2D eigenvalue weighted by Gasteiger charge is -2.25. The SMILES string of the molecule is COc1cc2c(cc1OCc1cc(COc3cc4c(cc3C)C(=O)N3c5ccccc5C[C@H]3CN4C)cc(NC(=O)C(C)NC(=O)C(C)NC(=O)CCCCC(=O)NCCN3C(=O)C=CC3=O)c1)N=C[C@@H]1Cc3ccccc3N1C2=O. The van der Waals surface area contributed by atoms with Crippen LogP contribution >= 0.6 is 0 Å². The van der Waals surface area contributed by atoms with Crippen LogP contribution in [0.4, 0.5) is 28.4 Å². The Morgan fingerprint density at radius 3 is 2.01 bits per heavy atom. The zero-order chi connectivity index (χ0) is 57.1. The molecule has 0 aromatic heterocycles. The number of aliphatic imine (C=N–C) groups is 1. The molecule has 5 aliphatic rings. The van der Waals surface area contributed by atoms with E-state index in [2.05, 4.69) is 32.2 Å². The number of hydrogen-bond acceptors (Lipinski definition) is 13. The lowest BCUT2D eigenvalue weighted by Crippen LogP contribution is -2.50. The van der Waals surface area contributed by atoms with Gasteiger partial charge in [0, 0.05) is 93.5 Å². The largest absolute Gasteiger partial charge is 0.493 e. The molecule has 81 heavy (non-hydrogen) atoms. The number of ether oxygens (including phenoxy) is 3. The fourth-order valence-corrected chi connectivity index (χ4v) is 10.9. The Bertz CT molecular complexity index is 3430. The summed E-state index contributed by atoms with van der Waals surface area (Å²) in [4.78, 5) is 116. The molecule has 0 bridgehead atoms. The third kappa shape index (κ3) is 11.9. The number of hydrogen-bond donors (Lipinski definition) is 4. The molecule has 2 unspecified atom stereocenters. The van der Waals surface area contributed by atoms with Crippen molar-refractivity contribution in [3.63, 3.8) is 0 Å². The first kappa shape index (κ1) is 55.0. The molecule has 5 heterocycles. The van der Waals surface area contributed by atoms with Crippen molar-refractivity contribution in [2.24, 2.45) is 4.99 Å². The lowest BCUT2D eigenvalue weighted by atomic mass is 10.1. The summed E-state index contributed by atoms with van der Waals surface area (Å²) in [6.07, 6.45) is 6.47. The molecule has 5 aliphatic heterocycles. The van der Waals surface area contributed by atoms with Gasteiger partial charge in [0.05, 0.1) is 41.7 Å². The van der Waals surface area contributed by atoms with Crippen LogP contribution in [0.1, 0.15) is 88.1 Å². The van der Waals surface area contributed by atoms with Crippen LogP contribution in [0.2, 0.25) is 0 Å². The van der Waals surface area contributed by atoms with Gasteiger partial charge in [-0.25, -0.2) is 0 Å². The summed E-state index contributed by atoms with van der Waals surface area (Å²) >= 11 is 0. The summed E-state index contributed by atoms with van der Waals surface area (Å²) in [7, 11) is 3.47. The van der Waals surface area contributed by atoms with Crippen molar-refractivity contribution in [1.29, 1.82) is 0 Å². The van der Waals surface area contributed by atoms with Gasteiger partial charge in [-0.2, -0.15) is 0 Å². The van der Waals surface area contributed by atoms with Gasteiger partial charge in [-0.15, -0.1) is 0 Å². The number of aryl methyl sites for hydroxylation is 1. The Kier molecular flexibility index (Phi) is 16.0. The van der Waals surface area contributed by atoms with Gasteiger partial charge in [0.15, 0.2) is 11.5 Å². The zero-order valence-electron chi connectivity index (χ0n) is 45.7. The molecule has 0 spiro atoms. The van der Waals surface area contributed by atoms with E-state index in [-0.39, 0.29) is 69.0 Å². The van der Waals surface area contributed by atoms with E-state index in [4.69, 9.17) is 19.2 Å². The summed E-state index contributed by atoms with van der Waals surface area (Å²) in [5, 5.41) is 10.9. The van der Waals surface area contributed by atoms with Gasteiger partial charge < -0.3 is 45.3 Å². The van der Waals surface area contributed by atoms with E-state index in [9.17, 15) is 38.4 Å². The summed E-state index contributed by atoms with van der Waals surface area (Å²) in [5.74, 6) is -1.73. The molecule has 0 aliphatic carbocycles. The highest BCUT2D eigenvalue weighted by Crippen LogP contribution is 2.43. The standard InChI is InChI=1S/C61H63N9O11/c1-35-22-46-50(67(4)32-44-27-41-13-7-9-15-49(41)70(44)61(46)78)30-51(35)80-33-38-23-39(34-81-53-29-47-45(28-52(53)79-5)60(77)69-43(31-63-47)26-40-12-6-8-14-48(40)69)25-42(24-38)66-59(76)37(3)65-58(75)36(2)64-55(72)17-11-10-16-54(71)62-20-21-68-56(73)18-19-57(68)74/h6-9,12-15,18-19,22-25,28-31,36-37,43-44H,10-11,16-17,20-21,26-27,32-34H2,1-5H3,(H,62,71)(H,64,72)(H,65,75)(H,66,76)/t36?,37?,43-,44-/m0/s1. The van der Waals surface area contributed by atoms with Crippen molar-refractivity contribution in [1.82, 2.24) is 20.9 Å². The first-order valence-corrected chi connectivity index (χ1v) is 27.1. The van der Waals surface area contributed by atoms with E-state index < -0.39 is 41.6 Å². The monoisotopic (exact) mass is 1100 g/mol. The molecule has 20 heteroatoms. The molecule has 10 rings (SSSR count). The Morgan fingerprint density at radius 1 is 0.679 bits per heavy atom. The Labute approximate surface area is 468 Å². The van der Waals surface area contributed by atoms with Crippen molar-refractivity contribution < 1.29 is 52.6 Å². The average molecular weight is 1100 g/mol. The van der Waals surface area contributed by atoms with Gasteiger partial charge in [-0.05, 0) is 110 Å². The number of likely N-dealkylation sites (N-methyl/N-ethyl adjacent to an activating group) is 1. The minimum Gasteiger partial charge on any atom is -0.493 e. The molecule has 8 amide bonds. The third-order valence-electron chi connectivity index (χ3n) is 15.1. The molecule has 5 aromatic carbocycles. The second kappa shape index (κ2) is 23.6. The zero-order valence-corrected chi connectivity index (χ0v) is 45.7. The van der Waals surface area contributed by atoms with Gasteiger partial charge in [-0.3, -0.25) is 53.1 Å². The second-order valence-corrected chi connectivity index (χ2v) is 20.9. The summed E-state index contributed by atoms with van der Waals surface area (Å²) in [6.45, 7) is 5.75. The van der Waals surface area contributed by atoms with E-state index in [1.54, 1.807) is 35.4 Å². The summed E-state index contributed by atoms with van der Waals surface area (Å²) in [6, 6.07) is 26.0. The number of imide groups is 1. The van der Waals surface area contributed by atoms with Crippen LogP contribution in [0.5, 0.6) is 17.2 Å². The molecule has 20 nitrogen and oxygen atoms in total. The Hall–Kier alpha value is -9.33. The molecule has 4 N–H and O–H groups in total. The highest BCUT2D eigenvalue weighted by molar-refractivity contribution is 6.15. The minimum atomic E-state index is -1.05. The van der Waals surface area contributed by atoms with Crippen molar-refractivity contribution in [2.45, 2.75) is 96.7 Å². The molecule has 4 atom stereocenters. The Morgan fingerprint density at radius 2 is 1.31 bits per heavy atom. The maximum absolute atomic E-state index is 14.2. The topological polar surface area (TPSA) is 238 Å². The van der Waals surface area contributed by atoms with Crippen LogP contribution in [0, 0.1) is 6.92 Å². The van der Waals surface area contributed by atoms with Gasteiger partial charge in [0.2, 0.25) is 23.6 Å². The van der Waals surface area contributed by atoms with E-state index in [1.165, 1.54) is 33.1 Å². The molecular formula is C61H63N9O11. The van der Waals surface area contributed by atoms with Crippen molar-refractivity contribution in [2.75, 3.05) is 53.8 Å². The van der Waals surface area contributed by atoms with E-state index in [0.29, 0.717) is 76.7 Å². The number of fused-ring (bicyclic) bond motifs is 8. The average Bonchev–Trinajstić information content (AvgIpc) is 4.30. The van der Waals surface area contributed by atoms with Gasteiger partial charge in [0.1, 0.15) is 31.0 Å². The molecule has 0 saturated heterocycles. The summed E-state index contributed by atoms with van der Waals surface area (Å²) < 4.78 is 18.8. The van der Waals surface area contributed by atoms with Crippen LogP contribution in [0.15, 0.2) is 108 Å². The second-order valence-electron chi connectivity index (χ2n) is 20.9. The van der Waals surface area contributed by atoms with Gasteiger partial charge >= 0.3 is 0 Å².